The van der Waals surface area contributed by atoms with Gasteiger partial charge in [0, 0.05) is 24.8 Å². The molecular formula is C14H19N3O. The second-order valence-electron chi connectivity index (χ2n) is 4.20. The van der Waals surface area contributed by atoms with Crippen molar-refractivity contribution in [3.63, 3.8) is 0 Å². The molecule has 18 heavy (non-hydrogen) atoms. The van der Waals surface area contributed by atoms with Crippen LogP contribution in [0.15, 0.2) is 36.7 Å². The van der Waals surface area contributed by atoms with Crippen molar-refractivity contribution in [2.45, 2.75) is 26.4 Å². The summed E-state index contributed by atoms with van der Waals surface area (Å²) in [6.45, 7) is 4.55. The van der Waals surface area contributed by atoms with Gasteiger partial charge in [0.05, 0.1) is 12.8 Å². The highest BCUT2D eigenvalue weighted by Gasteiger charge is 1.96. The van der Waals surface area contributed by atoms with E-state index < -0.39 is 0 Å². The number of aromatic amines is 1. The lowest BCUT2D eigenvalue weighted by atomic mass is 10.2. The van der Waals surface area contributed by atoms with Gasteiger partial charge in [-0.1, -0.05) is 19.1 Å². The normalized spacial score (nSPS) is 10.5. The molecule has 0 fully saturated rings. The van der Waals surface area contributed by atoms with Crippen molar-refractivity contribution in [2.75, 3.05) is 6.61 Å². The lowest BCUT2D eigenvalue weighted by Gasteiger charge is -2.06. The van der Waals surface area contributed by atoms with E-state index in [0.29, 0.717) is 0 Å². The molecule has 2 aromatic rings. The maximum Gasteiger partial charge on any atom is 0.119 e. The van der Waals surface area contributed by atoms with Crippen molar-refractivity contribution in [3.8, 4) is 5.75 Å². The second-order valence-corrected chi connectivity index (χ2v) is 4.20. The lowest BCUT2D eigenvalue weighted by Crippen LogP contribution is -2.12. The molecule has 0 radical (unpaired) electrons. The van der Waals surface area contributed by atoms with Gasteiger partial charge < -0.3 is 10.1 Å². The third-order valence-corrected chi connectivity index (χ3v) is 2.61. The first-order valence-corrected chi connectivity index (χ1v) is 6.28. The van der Waals surface area contributed by atoms with Gasteiger partial charge in [-0.3, -0.25) is 5.10 Å². The fourth-order valence-corrected chi connectivity index (χ4v) is 1.65. The standard InChI is InChI=1S/C14H19N3O/c1-2-7-18-14-5-3-12(4-6-14)8-15-9-13-10-16-17-11-13/h3-6,10-11,15H,2,7-9H2,1H3,(H,16,17). The fourth-order valence-electron chi connectivity index (χ4n) is 1.65. The Morgan fingerprint density at radius 3 is 2.61 bits per heavy atom. The molecule has 0 spiro atoms. The largest absolute Gasteiger partial charge is 0.494 e. The Balaban J connectivity index is 1.75. The Morgan fingerprint density at radius 1 is 1.17 bits per heavy atom. The summed E-state index contributed by atoms with van der Waals surface area (Å²) in [5.74, 6) is 0.940. The molecule has 0 bridgehead atoms. The van der Waals surface area contributed by atoms with Crippen LogP contribution in [0, 0.1) is 0 Å². The van der Waals surface area contributed by atoms with Crippen LogP contribution in [0.2, 0.25) is 0 Å². The summed E-state index contributed by atoms with van der Waals surface area (Å²) in [6, 6.07) is 8.22. The number of rotatable bonds is 7. The Kier molecular flexibility index (Phi) is 4.78. The molecule has 0 amide bonds. The summed E-state index contributed by atoms with van der Waals surface area (Å²) in [6.07, 6.45) is 4.76. The lowest BCUT2D eigenvalue weighted by molar-refractivity contribution is 0.317. The van der Waals surface area contributed by atoms with E-state index in [1.807, 2.05) is 24.5 Å². The van der Waals surface area contributed by atoms with Gasteiger partial charge in [0.15, 0.2) is 0 Å². The van der Waals surface area contributed by atoms with Crippen molar-refractivity contribution in [1.82, 2.24) is 15.5 Å². The molecule has 0 unspecified atom stereocenters. The van der Waals surface area contributed by atoms with E-state index in [-0.39, 0.29) is 0 Å². The van der Waals surface area contributed by atoms with E-state index in [9.17, 15) is 0 Å². The number of hydrogen-bond donors (Lipinski definition) is 2. The molecule has 0 atom stereocenters. The van der Waals surface area contributed by atoms with Crippen LogP contribution in [-0.2, 0) is 13.1 Å². The maximum absolute atomic E-state index is 5.54. The molecule has 1 heterocycles. The summed E-state index contributed by atoms with van der Waals surface area (Å²) in [5.41, 5.74) is 2.42. The quantitative estimate of drug-likeness (QED) is 0.788. The monoisotopic (exact) mass is 245 g/mol. The van der Waals surface area contributed by atoms with Crippen molar-refractivity contribution >= 4 is 0 Å². The summed E-state index contributed by atoms with van der Waals surface area (Å²) >= 11 is 0. The van der Waals surface area contributed by atoms with Gasteiger partial charge in [-0.15, -0.1) is 0 Å². The highest BCUT2D eigenvalue weighted by Crippen LogP contribution is 2.12. The SMILES string of the molecule is CCCOc1ccc(CNCc2cn[nH]c2)cc1. The van der Waals surface area contributed by atoms with Crippen molar-refractivity contribution in [2.24, 2.45) is 0 Å². The van der Waals surface area contributed by atoms with Crippen LogP contribution in [0.25, 0.3) is 0 Å². The van der Waals surface area contributed by atoms with E-state index in [1.54, 1.807) is 0 Å². The zero-order valence-corrected chi connectivity index (χ0v) is 10.6. The Labute approximate surface area is 107 Å². The number of nitrogens with one attached hydrogen (secondary N) is 2. The minimum atomic E-state index is 0.776. The van der Waals surface area contributed by atoms with Gasteiger partial charge >= 0.3 is 0 Å². The highest BCUT2D eigenvalue weighted by atomic mass is 16.5. The topological polar surface area (TPSA) is 49.9 Å². The van der Waals surface area contributed by atoms with Crippen LogP contribution in [0.4, 0.5) is 0 Å². The first-order chi connectivity index (χ1) is 8.88. The molecule has 0 saturated heterocycles. The number of hydrogen-bond acceptors (Lipinski definition) is 3. The number of benzene rings is 1. The predicted molar refractivity (Wildman–Crippen MR) is 71.4 cm³/mol. The molecule has 4 heteroatoms. The average Bonchev–Trinajstić information content (AvgIpc) is 2.91. The summed E-state index contributed by atoms with van der Waals surface area (Å²) in [4.78, 5) is 0. The molecule has 4 nitrogen and oxygen atoms in total. The zero-order valence-electron chi connectivity index (χ0n) is 10.6. The molecule has 1 aromatic carbocycles. The molecule has 0 aliphatic carbocycles. The molecule has 2 rings (SSSR count). The molecule has 0 aliphatic rings. The molecule has 96 valence electrons. The Morgan fingerprint density at radius 2 is 1.94 bits per heavy atom. The highest BCUT2D eigenvalue weighted by molar-refractivity contribution is 5.27. The summed E-state index contributed by atoms with van der Waals surface area (Å²) < 4.78 is 5.54. The fraction of sp³-hybridized carbons (Fsp3) is 0.357. The Hall–Kier alpha value is -1.81. The number of nitrogens with zero attached hydrogens (tertiary/aromatic N) is 1. The molecule has 0 aliphatic heterocycles. The van der Waals surface area contributed by atoms with Crippen LogP contribution in [-0.4, -0.2) is 16.8 Å². The van der Waals surface area contributed by atoms with Gasteiger partial charge in [0.25, 0.3) is 0 Å². The maximum atomic E-state index is 5.54. The second kappa shape index (κ2) is 6.81. The van der Waals surface area contributed by atoms with E-state index in [1.165, 1.54) is 5.56 Å². The molecular weight excluding hydrogens is 226 g/mol. The molecule has 2 N–H and O–H groups in total. The first-order valence-electron chi connectivity index (χ1n) is 6.28. The Bertz CT molecular complexity index is 437. The van der Waals surface area contributed by atoms with E-state index in [4.69, 9.17) is 4.74 Å². The predicted octanol–water partition coefficient (Wildman–Crippen LogP) is 2.49. The number of ether oxygens (including phenoxy) is 1. The van der Waals surface area contributed by atoms with Crippen LogP contribution < -0.4 is 10.1 Å². The average molecular weight is 245 g/mol. The van der Waals surface area contributed by atoms with Gasteiger partial charge in [-0.05, 0) is 24.1 Å². The van der Waals surface area contributed by atoms with Crippen LogP contribution in [0.5, 0.6) is 5.75 Å². The van der Waals surface area contributed by atoms with Crippen molar-refractivity contribution in [1.29, 1.82) is 0 Å². The van der Waals surface area contributed by atoms with Gasteiger partial charge in [-0.25, -0.2) is 0 Å². The number of aromatic nitrogens is 2. The van der Waals surface area contributed by atoms with Crippen LogP contribution in [0.3, 0.4) is 0 Å². The number of H-pyrrole nitrogens is 1. The smallest absolute Gasteiger partial charge is 0.119 e. The third-order valence-electron chi connectivity index (χ3n) is 2.61. The summed E-state index contributed by atoms with van der Waals surface area (Å²) in [7, 11) is 0. The van der Waals surface area contributed by atoms with Crippen LogP contribution >= 0.6 is 0 Å². The van der Waals surface area contributed by atoms with Crippen LogP contribution in [0.1, 0.15) is 24.5 Å². The third kappa shape index (κ3) is 3.89. The van der Waals surface area contributed by atoms with Gasteiger partial charge in [0.2, 0.25) is 0 Å². The van der Waals surface area contributed by atoms with E-state index >= 15 is 0 Å². The first kappa shape index (κ1) is 12.6. The van der Waals surface area contributed by atoms with Gasteiger partial charge in [-0.2, -0.15) is 5.10 Å². The van der Waals surface area contributed by atoms with Crippen molar-refractivity contribution in [3.05, 3.63) is 47.8 Å². The van der Waals surface area contributed by atoms with Gasteiger partial charge in [0.1, 0.15) is 5.75 Å². The van der Waals surface area contributed by atoms with E-state index in [2.05, 4.69) is 34.6 Å². The van der Waals surface area contributed by atoms with Crippen molar-refractivity contribution < 1.29 is 4.74 Å². The molecule has 1 aromatic heterocycles. The van der Waals surface area contributed by atoms with E-state index in [0.717, 1.165) is 37.4 Å². The zero-order chi connectivity index (χ0) is 12.6. The minimum absolute atomic E-state index is 0.776. The summed E-state index contributed by atoms with van der Waals surface area (Å²) in [5, 5.41) is 10.1. The molecule has 0 saturated carbocycles. The minimum Gasteiger partial charge on any atom is -0.494 e.